The summed E-state index contributed by atoms with van der Waals surface area (Å²) in [5.41, 5.74) is 13.0. The van der Waals surface area contributed by atoms with Gasteiger partial charge >= 0.3 is 0 Å². The molecule has 5 nitrogen and oxygen atoms in total. The number of aromatic nitrogens is 5. The smallest absolute Gasteiger partial charge is 0.0736 e. The average molecular weight is 884 g/mol. The van der Waals surface area contributed by atoms with E-state index in [9.17, 15) is 0 Å². The van der Waals surface area contributed by atoms with Crippen LogP contribution in [0.15, 0.2) is 183 Å². The Morgan fingerprint density at radius 1 is 0.221 bits per heavy atom. The van der Waals surface area contributed by atoms with Crippen molar-refractivity contribution in [2.75, 3.05) is 0 Å². The summed E-state index contributed by atoms with van der Waals surface area (Å²) in [6.07, 6.45) is 20.5. The molecule has 0 N–H and O–H groups in total. The van der Waals surface area contributed by atoms with Gasteiger partial charge in [-0.15, -0.1) is 0 Å². The zero-order valence-electron chi connectivity index (χ0n) is 38.6. The van der Waals surface area contributed by atoms with Gasteiger partial charge in [0.05, 0.1) is 27.6 Å². The molecule has 13 rings (SSSR count). The Morgan fingerprint density at radius 3 is 0.676 bits per heavy atom. The first-order valence-electron chi connectivity index (χ1n) is 25.4. The number of nitrogens with zero attached hydrogens (tertiary/aromatic N) is 5. The Kier molecular flexibility index (Phi) is 10.7. The highest BCUT2D eigenvalue weighted by atomic mass is 14.7. The fourth-order valence-electron chi connectivity index (χ4n) is 14.2. The Bertz CT molecular complexity index is 3070. The fourth-order valence-corrected chi connectivity index (χ4v) is 14.2. The molecule has 0 amide bonds. The number of pyridine rings is 5. The number of benzene rings is 5. The third kappa shape index (κ3) is 7.61. The van der Waals surface area contributed by atoms with Crippen LogP contribution in [-0.2, 0) is 0 Å². The molecule has 3 saturated carbocycles. The highest BCUT2D eigenvalue weighted by Gasteiger charge is 2.44. The highest BCUT2D eigenvalue weighted by molar-refractivity contribution is 5.85. The van der Waals surface area contributed by atoms with Crippen molar-refractivity contribution >= 4 is 54.5 Å². The molecule has 68 heavy (non-hydrogen) atoms. The quantitative estimate of drug-likeness (QED) is 0.160. The van der Waals surface area contributed by atoms with Gasteiger partial charge in [0.2, 0.25) is 0 Å². The minimum atomic E-state index is 0.399. The molecule has 6 unspecified atom stereocenters. The molecule has 3 aliphatic carbocycles. The average Bonchev–Trinajstić information content (AvgIpc) is 3.41. The maximum atomic E-state index is 5.13. The van der Waals surface area contributed by atoms with Crippen LogP contribution in [0.5, 0.6) is 0 Å². The second-order valence-corrected chi connectivity index (χ2v) is 20.8. The lowest BCUT2D eigenvalue weighted by Crippen LogP contribution is -2.36. The van der Waals surface area contributed by atoms with Crippen molar-refractivity contribution in [1.82, 2.24) is 24.9 Å². The van der Waals surface area contributed by atoms with Crippen molar-refractivity contribution in [2.24, 2.45) is 23.7 Å². The van der Waals surface area contributed by atoms with Crippen molar-refractivity contribution in [2.45, 2.75) is 87.4 Å². The summed E-state index contributed by atoms with van der Waals surface area (Å²) < 4.78 is 0. The van der Waals surface area contributed by atoms with E-state index in [0.717, 1.165) is 12.8 Å². The Morgan fingerprint density at radius 2 is 0.426 bits per heavy atom. The van der Waals surface area contributed by atoms with Crippen LogP contribution in [0.2, 0.25) is 0 Å². The summed E-state index contributed by atoms with van der Waals surface area (Å²) in [4.78, 5) is 25.4. The van der Waals surface area contributed by atoms with Gasteiger partial charge < -0.3 is 0 Å². The third-order valence-electron chi connectivity index (χ3n) is 17.1. The van der Waals surface area contributed by atoms with Crippen LogP contribution in [0.4, 0.5) is 0 Å². The van der Waals surface area contributed by atoms with Gasteiger partial charge in [-0.2, -0.15) is 0 Å². The number of rotatable bonds is 7. The molecule has 0 spiro atoms. The monoisotopic (exact) mass is 883 g/mol. The van der Waals surface area contributed by atoms with E-state index >= 15 is 0 Å². The minimum Gasteiger partial charge on any atom is -0.256 e. The van der Waals surface area contributed by atoms with Crippen molar-refractivity contribution in [3.05, 3.63) is 210 Å². The van der Waals surface area contributed by atoms with Crippen molar-refractivity contribution in [1.29, 1.82) is 0 Å². The largest absolute Gasteiger partial charge is 0.256 e. The molecular weight excluding hydrogens is 827 g/mol. The summed E-state index contributed by atoms with van der Waals surface area (Å²) in [6.45, 7) is 0. The number of hydrogen-bond acceptors (Lipinski definition) is 5. The normalized spacial score (nSPS) is 25.6. The second-order valence-electron chi connectivity index (χ2n) is 20.8. The zero-order valence-corrected chi connectivity index (χ0v) is 38.6. The van der Waals surface area contributed by atoms with E-state index in [1.165, 1.54) is 127 Å². The molecule has 5 aromatic heterocycles. The maximum Gasteiger partial charge on any atom is 0.0736 e. The minimum absolute atomic E-state index is 0.399. The van der Waals surface area contributed by atoms with E-state index in [4.69, 9.17) is 24.9 Å². The van der Waals surface area contributed by atoms with Gasteiger partial charge in [-0.1, -0.05) is 121 Å². The molecular formula is C63H57N5. The van der Waals surface area contributed by atoms with Crippen LogP contribution >= 0.6 is 0 Å². The van der Waals surface area contributed by atoms with E-state index in [1.54, 1.807) is 0 Å². The first-order valence-corrected chi connectivity index (χ1v) is 25.4. The van der Waals surface area contributed by atoms with E-state index in [2.05, 4.69) is 152 Å². The standard InChI is InChI=1S/C63H57N5/c1-11-40-16-6-26-64-59(40)54(21-1)49-32-45(47-34-50(55-22-2-12-41-17-7-27-65-60(41)55)38-51(35-47)56-23-3-13-42-18-8-28-66-61(42)56)31-46(33-49)48-36-52(57-24-4-14-43-19-9-29-67-62(43)57)39-53(37-48)58-25-5-15-44-20-10-30-68-63(44)58/h1-30,45-53H,31-39H2. The topological polar surface area (TPSA) is 64.5 Å². The molecule has 5 heterocycles. The van der Waals surface area contributed by atoms with E-state index in [0.29, 0.717) is 53.3 Å². The second kappa shape index (κ2) is 17.7. The molecule has 10 aromatic rings. The lowest BCUT2D eigenvalue weighted by atomic mass is 9.57. The molecule has 0 radical (unpaired) electrons. The van der Waals surface area contributed by atoms with E-state index < -0.39 is 0 Å². The van der Waals surface area contributed by atoms with Gasteiger partial charge in [-0.05, 0) is 169 Å². The van der Waals surface area contributed by atoms with Gasteiger partial charge in [-0.25, -0.2) is 0 Å². The Hall–Kier alpha value is -6.85. The van der Waals surface area contributed by atoms with E-state index in [-0.39, 0.29) is 0 Å². The molecule has 3 fully saturated rings. The summed E-state index contributed by atoms with van der Waals surface area (Å²) in [7, 11) is 0. The summed E-state index contributed by atoms with van der Waals surface area (Å²) in [6, 6.07) is 56.2. The highest BCUT2D eigenvalue weighted by Crippen LogP contribution is 2.57. The number of para-hydroxylation sites is 5. The third-order valence-corrected chi connectivity index (χ3v) is 17.1. The van der Waals surface area contributed by atoms with Crippen LogP contribution in [0, 0.1) is 23.7 Å². The van der Waals surface area contributed by atoms with Crippen LogP contribution in [0.3, 0.4) is 0 Å². The summed E-state index contributed by atoms with van der Waals surface area (Å²) in [5.74, 6) is 4.23. The molecule has 0 aliphatic heterocycles. The fraction of sp³-hybridized carbons (Fsp3) is 0.286. The molecule has 3 aliphatic rings. The van der Waals surface area contributed by atoms with Crippen molar-refractivity contribution in [3.8, 4) is 0 Å². The first kappa shape index (κ1) is 41.3. The SMILES string of the molecule is c1cnc2c(C3CC(c4cccc5cccnc45)CC(C4CC(c5cccc6cccnc56)CC(C5CC(c6cccc7cccnc67)CC(c6cccc7cccnc67)C5)C4)C3)cccc2c1. The molecule has 334 valence electrons. The van der Waals surface area contributed by atoms with Crippen LogP contribution in [-0.4, -0.2) is 24.9 Å². The lowest BCUT2D eigenvalue weighted by molar-refractivity contribution is 0.0819. The Labute approximate surface area is 399 Å². The van der Waals surface area contributed by atoms with Crippen LogP contribution in [0.25, 0.3) is 54.5 Å². The maximum absolute atomic E-state index is 5.13. The van der Waals surface area contributed by atoms with E-state index in [1.807, 2.05) is 31.0 Å². The lowest BCUT2D eigenvalue weighted by Gasteiger charge is -2.48. The van der Waals surface area contributed by atoms with Crippen molar-refractivity contribution in [3.63, 3.8) is 0 Å². The zero-order chi connectivity index (χ0) is 45.0. The van der Waals surface area contributed by atoms with Gasteiger partial charge in [0.15, 0.2) is 0 Å². The van der Waals surface area contributed by atoms with Gasteiger partial charge in [0.25, 0.3) is 0 Å². The molecule has 5 aromatic carbocycles. The number of fused-ring (bicyclic) bond motifs is 5. The molecule has 0 saturated heterocycles. The predicted octanol–water partition coefficient (Wildman–Crippen LogP) is 15.7. The molecule has 6 atom stereocenters. The first-order chi connectivity index (χ1) is 33.7. The number of hydrogen-bond donors (Lipinski definition) is 0. The van der Waals surface area contributed by atoms with Crippen LogP contribution < -0.4 is 0 Å². The molecule has 0 bridgehead atoms. The molecule has 5 heteroatoms. The van der Waals surface area contributed by atoms with Gasteiger partial charge in [-0.3, -0.25) is 24.9 Å². The summed E-state index contributed by atoms with van der Waals surface area (Å²) >= 11 is 0. The van der Waals surface area contributed by atoms with Gasteiger partial charge in [0.1, 0.15) is 0 Å². The Balaban J connectivity index is 0.929. The predicted molar refractivity (Wildman–Crippen MR) is 278 cm³/mol. The van der Waals surface area contributed by atoms with Crippen LogP contribution in [0.1, 0.15) is 115 Å². The van der Waals surface area contributed by atoms with Crippen molar-refractivity contribution < 1.29 is 0 Å². The van der Waals surface area contributed by atoms with Gasteiger partial charge in [0, 0.05) is 57.9 Å². The summed E-state index contributed by atoms with van der Waals surface area (Å²) in [5, 5.41) is 6.20.